The summed E-state index contributed by atoms with van der Waals surface area (Å²) in [4.78, 5) is 18.1. The molecule has 0 bridgehead atoms. The van der Waals surface area contributed by atoms with Crippen LogP contribution in [0.2, 0.25) is 0 Å². The third-order valence-corrected chi connectivity index (χ3v) is 3.69. The Morgan fingerprint density at radius 2 is 1.68 bits per heavy atom. The Hall–Kier alpha value is -3.31. The van der Waals surface area contributed by atoms with E-state index in [1.165, 1.54) is 31.3 Å². The number of nitrogens with one attached hydrogen (secondary N) is 2. The van der Waals surface area contributed by atoms with Crippen LogP contribution in [-0.2, 0) is 12.4 Å². The molecule has 3 aromatic rings. The molecule has 0 atom stereocenters. The third kappa shape index (κ3) is 3.70. The molecular weight excluding hydrogens is 392 g/mol. The first-order valence-corrected chi connectivity index (χ1v) is 7.63. The topological polar surface area (TPSA) is 71.8 Å². The van der Waals surface area contributed by atoms with E-state index in [1.54, 1.807) is 0 Å². The van der Waals surface area contributed by atoms with Crippen molar-refractivity contribution in [2.75, 3.05) is 12.4 Å². The van der Waals surface area contributed by atoms with Gasteiger partial charge in [-0.15, -0.1) is 0 Å². The molecule has 0 spiro atoms. The number of alkyl halides is 6. The largest absolute Gasteiger partial charge is 0.450 e. The van der Waals surface area contributed by atoms with Crippen molar-refractivity contribution in [3.05, 3.63) is 47.9 Å². The molecule has 0 aliphatic carbocycles. The normalized spacial score (nSPS) is 12.2. The van der Waals surface area contributed by atoms with Crippen LogP contribution < -0.4 is 10.6 Å². The number of carbonyl (C=O) groups is 1. The van der Waals surface area contributed by atoms with Gasteiger partial charge in [-0.2, -0.15) is 26.3 Å². The summed E-state index contributed by atoms with van der Waals surface area (Å²) in [5.41, 5.74) is -1.87. The summed E-state index contributed by atoms with van der Waals surface area (Å²) in [5.74, 6) is -1.42. The molecule has 0 fully saturated rings. The number of imidazole rings is 1. The standard InChI is InChI=1S/C16H11F6N5O/c1-23-14(28)25-9-2-4-10(5-3-9)27-12-11(26-13(27)16(20,21)22)6-8(7-24-12)15(17,18)19/h2-7H,1H3,(H2,23,25,28). The zero-order valence-electron chi connectivity index (χ0n) is 14.0. The maximum absolute atomic E-state index is 13.4. The molecule has 148 valence electrons. The van der Waals surface area contributed by atoms with Crippen LogP contribution in [-0.4, -0.2) is 27.6 Å². The van der Waals surface area contributed by atoms with Crippen LogP contribution >= 0.6 is 0 Å². The SMILES string of the molecule is CNC(=O)Nc1ccc(-n2c(C(F)(F)F)nc3cc(C(F)(F)F)cnc32)cc1. The van der Waals surface area contributed by atoms with Gasteiger partial charge in [0.05, 0.1) is 5.56 Å². The molecule has 0 aliphatic rings. The second kappa shape index (κ2) is 6.69. The highest BCUT2D eigenvalue weighted by atomic mass is 19.4. The number of benzene rings is 1. The lowest BCUT2D eigenvalue weighted by molar-refractivity contribution is -0.145. The molecular formula is C16H11F6N5O. The van der Waals surface area contributed by atoms with Gasteiger partial charge in [0.15, 0.2) is 5.65 Å². The fourth-order valence-electron chi connectivity index (χ4n) is 2.44. The molecule has 1 aromatic carbocycles. The number of fused-ring (bicyclic) bond motifs is 1. The van der Waals surface area contributed by atoms with Crippen molar-refractivity contribution >= 4 is 22.9 Å². The Morgan fingerprint density at radius 1 is 1.04 bits per heavy atom. The maximum atomic E-state index is 13.4. The van der Waals surface area contributed by atoms with Crippen LogP contribution in [0.3, 0.4) is 0 Å². The third-order valence-electron chi connectivity index (χ3n) is 3.69. The summed E-state index contributed by atoms with van der Waals surface area (Å²) in [6, 6.07) is 5.15. The molecule has 0 saturated heterocycles. The van der Waals surface area contributed by atoms with Gasteiger partial charge in [0.25, 0.3) is 0 Å². The first kappa shape index (κ1) is 19.5. The van der Waals surface area contributed by atoms with Crippen molar-refractivity contribution in [3.63, 3.8) is 0 Å². The number of halogens is 6. The van der Waals surface area contributed by atoms with E-state index in [9.17, 15) is 31.1 Å². The van der Waals surface area contributed by atoms with E-state index in [2.05, 4.69) is 20.6 Å². The molecule has 0 saturated carbocycles. The summed E-state index contributed by atoms with van der Waals surface area (Å²) in [6.07, 6.45) is -9.25. The van der Waals surface area contributed by atoms with Crippen LogP contribution in [0.5, 0.6) is 0 Å². The van der Waals surface area contributed by atoms with E-state index in [-0.39, 0.29) is 11.3 Å². The lowest BCUT2D eigenvalue weighted by Crippen LogP contribution is -2.24. The first-order chi connectivity index (χ1) is 13.0. The number of nitrogens with zero attached hydrogens (tertiary/aromatic N) is 3. The molecule has 0 unspecified atom stereocenters. The number of amides is 2. The zero-order valence-corrected chi connectivity index (χ0v) is 14.0. The second-order valence-electron chi connectivity index (χ2n) is 5.58. The van der Waals surface area contributed by atoms with Crippen molar-refractivity contribution in [1.29, 1.82) is 0 Å². The van der Waals surface area contributed by atoms with Gasteiger partial charge in [0, 0.05) is 24.6 Å². The van der Waals surface area contributed by atoms with Gasteiger partial charge < -0.3 is 10.6 Å². The molecule has 0 aliphatic heterocycles. The van der Waals surface area contributed by atoms with E-state index in [4.69, 9.17) is 0 Å². The van der Waals surface area contributed by atoms with Gasteiger partial charge in [-0.1, -0.05) is 0 Å². The predicted molar refractivity (Wildman–Crippen MR) is 86.9 cm³/mol. The maximum Gasteiger partial charge on any atom is 0.450 e. The molecule has 0 radical (unpaired) electrons. The van der Waals surface area contributed by atoms with Gasteiger partial charge in [0.2, 0.25) is 5.82 Å². The zero-order chi connectivity index (χ0) is 20.7. The quantitative estimate of drug-likeness (QED) is 0.630. The van der Waals surface area contributed by atoms with E-state index < -0.39 is 35.3 Å². The number of urea groups is 1. The minimum atomic E-state index is -4.93. The van der Waals surface area contributed by atoms with Crippen LogP contribution in [0.15, 0.2) is 36.5 Å². The molecule has 6 nitrogen and oxygen atoms in total. The number of pyridine rings is 1. The van der Waals surface area contributed by atoms with Crippen LogP contribution in [0, 0.1) is 0 Å². The lowest BCUT2D eigenvalue weighted by atomic mass is 10.2. The number of rotatable bonds is 2. The van der Waals surface area contributed by atoms with Gasteiger partial charge in [-0.25, -0.2) is 14.8 Å². The molecule has 2 amide bonds. The summed E-state index contributed by atoms with van der Waals surface area (Å²) in [5, 5.41) is 4.74. The fourth-order valence-corrected chi connectivity index (χ4v) is 2.44. The highest BCUT2D eigenvalue weighted by Crippen LogP contribution is 2.35. The van der Waals surface area contributed by atoms with E-state index in [1.807, 2.05) is 0 Å². The highest BCUT2D eigenvalue weighted by Gasteiger charge is 2.39. The van der Waals surface area contributed by atoms with Crippen molar-refractivity contribution in [2.24, 2.45) is 0 Å². The summed E-state index contributed by atoms with van der Waals surface area (Å²) in [6.45, 7) is 0. The van der Waals surface area contributed by atoms with E-state index in [0.29, 0.717) is 22.5 Å². The minimum absolute atomic E-state index is 0.0375. The number of anilines is 1. The van der Waals surface area contributed by atoms with Gasteiger partial charge in [-0.05, 0) is 30.3 Å². The first-order valence-electron chi connectivity index (χ1n) is 7.63. The highest BCUT2D eigenvalue weighted by molar-refractivity contribution is 5.89. The van der Waals surface area contributed by atoms with Crippen molar-refractivity contribution in [2.45, 2.75) is 12.4 Å². The molecule has 2 N–H and O–H groups in total. The minimum Gasteiger partial charge on any atom is -0.341 e. The lowest BCUT2D eigenvalue weighted by Gasteiger charge is -2.12. The van der Waals surface area contributed by atoms with Crippen molar-refractivity contribution in [3.8, 4) is 5.69 Å². The number of aromatic nitrogens is 3. The van der Waals surface area contributed by atoms with Crippen LogP contribution in [0.1, 0.15) is 11.4 Å². The molecule has 3 rings (SSSR count). The van der Waals surface area contributed by atoms with Crippen molar-refractivity contribution < 1.29 is 31.1 Å². The number of carbonyl (C=O) groups excluding carboxylic acids is 1. The monoisotopic (exact) mass is 403 g/mol. The molecule has 12 heteroatoms. The summed E-state index contributed by atoms with van der Waals surface area (Å²) < 4.78 is 79.3. The van der Waals surface area contributed by atoms with Crippen LogP contribution in [0.4, 0.5) is 36.8 Å². The number of hydrogen-bond donors (Lipinski definition) is 2. The smallest absolute Gasteiger partial charge is 0.341 e. The predicted octanol–water partition coefficient (Wildman–Crippen LogP) is 4.21. The summed E-state index contributed by atoms with van der Waals surface area (Å²) in [7, 11) is 1.39. The van der Waals surface area contributed by atoms with Gasteiger partial charge in [0.1, 0.15) is 5.52 Å². The number of hydrogen-bond acceptors (Lipinski definition) is 3. The Balaban J connectivity index is 2.14. The van der Waals surface area contributed by atoms with Gasteiger partial charge >= 0.3 is 18.4 Å². The Bertz CT molecular complexity index is 1020. The van der Waals surface area contributed by atoms with Crippen LogP contribution in [0.25, 0.3) is 16.9 Å². The second-order valence-corrected chi connectivity index (χ2v) is 5.58. The Labute approximate surface area is 153 Å². The average Bonchev–Trinajstić information content (AvgIpc) is 3.00. The van der Waals surface area contributed by atoms with Crippen molar-refractivity contribution in [1.82, 2.24) is 19.9 Å². The van der Waals surface area contributed by atoms with E-state index in [0.717, 1.165) is 0 Å². The Kier molecular flexibility index (Phi) is 4.65. The Morgan fingerprint density at radius 3 is 2.21 bits per heavy atom. The average molecular weight is 403 g/mol. The summed E-state index contributed by atoms with van der Waals surface area (Å²) >= 11 is 0. The molecule has 28 heavy (non-hydrogen) atoms. The molecule has 2 heterocycles. The molecule has 2 aromatic heterocycles. The van der Waals surface area contributed by atoms with Gasteiger partial charge in [-0.3, -0.25) is 4.57 Å². The fraction of sp³-hybridized carbons (Fsp3) is 0.188. The van der Waals surface area contributed by atoms with E-state index >= 15 is 0 Å².